The fourth-order valence-electron chi connectivity index (χ4n) is 3.70. The number of halogens is 1. The molecule has 0 fully saturated rings. The third-order valence-corrected chi connectivity index (χ3v) is 6.22. The molecule has 3 rings (SSSR count). The van der Waals surface area contributed by atoms with Gasteiger partial charge < -0.3 is 8.92 Å². The van der Waals surface area contributed by atoms with Crippen LogP contribution in [-0.2, 0) is 4.18 Å². The summed E-state index contributed by atoms with van der Waals surface area (Å²) in [6, 6.07) is 8.14. The number of carbonyl (C=O) groups excluding carboxylic acids is 2. The second-order valence-electron chi connectivity index (χ2n) is 7.90. The maximum absolute atomic E-state index is 13.4. The van der Waals surface area contributed by atoms with E-state index in [1.807, 2.05) is 67.1 Å². The van der Waals surface area contributed by atoms with E-state index in [0.29, 0.717) is 5.69 Å². The predicted octanol–water partition coefficient (Wildman–Crippen LogP) is 6.04. The molecular formula is C22H23IN2O6S. The lowest BCUT2D eigenvalue weighted by molar-refractivity contribution is -0.385. The molecule has 0 N–H and O–H groups in total. The highest BCUT2D eigenvalue weighted by molar-refractivity contribution is 14.2. The quantitative estimate of drug-likeness (QED) is 0.0906. The number of amides is 2. The number of hydrogen-bond acceptors (Lipinski definition) is 7. The van der Waals surface area contributed by atoms with Crippen molar-refractivity contribution in [2.75, 3.05) is 18.1 Å². The Balaban J connectivity index is 2.11. The highest BCUT2D eigenvalue weighted by Crippen LogP contribution is 2.42. The van der Waals surface area contributed by atoms with Crippen LogP contribution >= 0.6 is 30.4 Å². The zero-order chi connectivity index (χ0) is 23.6. The summed E-state index contributed by atoms with van der Waals surface area (Å²) in [4.78, 5) is 38.9. The molecule has 0 radical (unpaired) electrons. The Hall–Kier alpha value is -2.18. The largest absolute Gasteiger partial charge is 0.484 e. The lowest BCUT2D eigenvalue weighted by Crippen LogP contribution is -2.31. The summed E-state index contributed by atoms with van der Waals surface area (Å²) in [7, 11) is 1.12. The molecule has 0 spiro atoms. The van der Waals surface area contributed by atoms with E-state index >= 15 is 0 Å². The number of anilines is 1. The molecule has 0 unspecified atom stereocenters. The molecular weight excluding hydrogens is 547 g/mol. The van der Waals surface area contributed by atoms with Crippen LogP contribution in [0.4, 0.5) is 11.4 Å². The van der Waals surface area contributed by atoms with Gasteiger partial charge in [-0.1, -0.05) is 45.9 Å². The maximum Gasteiger partial charge on any atom is 0.311 e. The van der Waals surface area contributed by atoms with Gasteiger partial charge in [-0.25, -0.2) is 4.90 Å². The molecule has 2 amide bonds. The molecule has 0 saturated carbocycles. The van der Waals surface area contributed by atoms with Crippen molar-refractivity contribution in [2.45, 2.75) is 39.5 Å². The topological polar surface area (TPSA) is 99.0 Å². The van der Waals surface area contributed by atoms with Crippen LogP contribution in [0.5, 0.6) is 5.75 Å². The van der Waals surface area contributed by atoms with Crippen LogP contribution in [0.2, 0.25) is 0 Å². The smallest absolute Gasteiger partial charge is 0.311 e. The van der Waals surface area contributed by atoms with Crippen molar-refractivity contribution in [3.05, 3.63) is 62.7 Å². The van der Waals surface area contributed by atoms with E-state index < -0.39 is 16.7 Å². The lowest BCUT2D eigenvalue weighted by atomic mass is 9.92. The Bertz CT molecular complexity index is 1050. The summed E-state index contributed by atoms with van der Waals surface area (Å²) in [5.41, 5.74) is 2.01. The van der Waals surface area contributed by atoms with E-state index in [-0.39, 0.29) is 47.6 Å². The Morgan fingerprint density at radius 2 is 1.59 bits per heavy atom. The third-order valence-electron chi connectivity index (χ3n) is 5.20. The number of nitro groups is 1. The number of ether oxygens (including phenoxy) is 1. The van der Waals surface area contributed by atoms with Gasteiger partial charge in [0.2, 0.25) is 0 Å². The Morgan fingerprint density at radius 1 is 1.03 bits per heavy atom. The van der Waals surface area contributed by atoms with Crippen LogP contribution in [0.3, 0.4) is 0 Å². The molecule has 1 aliphatic rings. The second-order valence-corrected chi connectivity index (χ2v) is 9.34. The number of nitro benzene ring substituents is 1. The third kappa shape index (κ3) is 4.62. The van der Waals surface area contributed by atoms with Crippen molar-refractivity contribution in [2.24, 2.45) is 0 Å². The minimum absolute atomic E-state index is 0.00128. The summed E-state index contributed by atoms with van der Waals surface area (Å²) in [6.45, 7) is 8.25. The van der Waals surface area contributed by atoms with Crippen molar-refractivity contribution >= 4 is 53.6 Å². The molecule has 32 heavy (non-hydrogen) atoms. The second kappa shape index (κ2) is 10.2. The number of benzene rings is 2. The monoisotopic (exact) mass is 570 g/mol. The van der Waals surface area contributed by atoms with E-state index in [1.54, 1.807) is 0 Å². The first-order chi connectivity index (χ1) is 15.2. The molecule has 2 aromatic rings. The minimum atomic E-state index is -0.619. The number of imide groups is 1. The molecule has 0 aliphatic carbocycles. The van der Waals surface area contributed by atoms with E-state index in [1.165, 1.54) is 6.07 Å². The zero-order valence-electron chi connectivity index (χ0n) is 18.1. The van der Waals surface area contributed by atoms with Crippen LogP contribution in [0.1, 0.15) is 71.4 Å². The average Bonchev–Trinajstić information content (AvgIpc) is 2.99. The molecule has 1 heterocycles. The number of para-hydroxylation sites is 1. The van der Waals surface area contributed by atoms with Gasteiger partial charge >= 0.3 is 5.69 Å². The van der Waals surface area contributed by atoms with Gasteiger partial charge in [0.25, 0.3) is 11.8 Å². The van der Waals surface area contributed by atoms with Crippen LogP contribution in [0, 0.1) is 10.1 Å². The van der Waals surface area contributed by atoms with E-state index in [2.05, 4.69) is 0 Å². The maximum atomic E-state index is 13.4. The van der Waals surface area contributed by atoms with Crippen LogP contribution in [-0.4, -0.2) is 30.0 Å². The van der Waals surface area contributed by atoms with E-state index in [9.17, 15) is 19.7 Å². The number of hydrogen-bond donors (Lipinski definition) is 0. The van der Waals surface area contributed by atoms with Crippen molar-refractivity contribution < 1.29 is 23.4 Å². The SMILES string of the molecule is CC(C)c1cccc(C(C)C)c1N1C(=O)c2cc(OCCOSI)c([N+](=O)[O-])cc2C1=O. The van der Waals surface area contributed by atoms with Crippen molar-refractivity contribution in [1.82, 2.24) is 0 Å². The van der Waals surface area contributed by atoms with Crippen LogP contribution in [0.15, 0.2) is 30.3 Å². The number of rotatable bonds is 9. The number of carbonyl (C=O) groups is 2. The fraction of sp³-hybridized carbons (Fsp3) is 0.364. The fourth-order valence-corrected chi connectivity index (χ4v) is 4.37. The van der Waals surface area contributed by atoms with Gasteiger partial charge in [0.05, 0.1) is 37.6 Å². The Labute approximate surface area is 202 Å². The molecule has 0 aromatic heterocycles. The van der Waals surface area contributed by atoms with Crippen molar-refractivity contribution in [1.29, 1.82) is 0 Å². The van der Waals surface area contributed by atoms with Gasteiger partial charge in [0.1, 0.15) is 6.61 Å². The van der Waals surface area contributed by atoms with E-state index in [0.717, 1.165) is 31.3 Å². The molecule has 170 valence electrons. The molecule has 10 heteroatoms. The molecule has 0 atom stereocenters. The zero-order valence-corrected chi connectivity index (χ0v) is 21.1. The van der Waals surface area contributed by atoms with Crippen LogP contribution in [0.25, 0.3) is 0 Å². The summed E-state index contributed by atoms with van der Waals surface area (Å²) in [6.07, 6.45) is 0. The number of fused-ring (bicyclic) bond motifs is 1. The molecule has 0 saturated heterocycles. The predicted molar refractivity (Wildman–Crippen MR) is 132 cm³/mol. The Kier molecular flexibility index (Phi) is 7.78. The highest BCUT2D eigenvalue weighted by atomic mass is 127. The minimum Gasteiger partial charge on any atom is -0.484 e. The molecule has 2 aromatic carbocycles. The summed E-state index contributed by atoms with van der Waals surface area (Å²) >= 11 is 1.95. The molecule has 0 bridgehead atoms. The van der Waals surface area contributed by atoms with Gasteiger partial charge in [-0.2, -0.15) is 0 Å². The first-order valence-electron chi connectivity index (χ1n) is 10.1. The first-order valence-corrected chi connectivity index (χ1v) is 13.3. The molecule has 8 nitrogen and oxygen atoms in total. The molecule has 1 aliphatic heterocycles. The lowest BCUT2D eigenvalue weighted by Gasteiger charge is -2.25. The van der Waals surface area contributed by atoms with Gasteiger partial charge in [0.15, 0.2) is 5.75 Å². The van der Waals surface area contributed by atoms with Crippen molar-refractivity contribution in [3.8, 4) is 5.75 Å². The number of nitrogens with zero attached hydrogens (tertiary/aromatic N) is 2. The summed E-state index contributed by atoms with van der Waals surface area (Å²) in [5, 5.41) is 11.6. The first kappa shape index (κ1) is 24.5. The standard InChI is InChI=1S/C22H23IN2O6S/c1-12(2)14-6-5-7-15(13(3)4)20(14)24-21(26)16-10-18(25(28)29)19(11-17(16)22(24)27)30-8-9-31-32-23/h5-7,10-13H,8-9H2,1-4H3. The van der Waals surface area contributed by atoms with Gasteiger partial charge in [0, 0.05) is 33.3 Å². The normalized spacial score (nSPS) is 13.3. The highest BCUT2D eigenvalue weighted by Gasteiger charge is 2.41. The van der Waals surface area contributed by atoms with E-state index in [4.69, 9.17) is 8.92 Å². The summed E-state index contributed by atoms with van der Waals surface area (Å²) < 4.78 is 10.6. The van der Waals surface area contributed by atoms with Gasteiger partial charge in [-0.3, -0.25) is 19.7 Å². The van der Waals surface area contributed by atoms with Crippen LogP contribution < -0.4 is 9.64 Å². The van der Waals surface area contributed by atoms with Gasteiger partial charge in [-0.15, -0.1) is 0 Å². The average molecular weight is 570 g/mol. The Morgan fingerprint density at radius 3 is 2.09 bits per heavy atom. The summed E-state index contributed by atoms with van der Waals surface area (Å²) in [5.74, 6) is -1.02. The van der Waals surface area contributed by atoms with Crippen molar-refractivity contribution in [3.63, 3.8) is 0 Å². The van der Waals surface area contributed by atoms with Gasteiger partial charge in [-0.05, 0) is 23.0 Å².